The molecule has 2 saturated heterocycles. The molecule has 2 aromatic rings. The molecule has 0 bridgehead atoms. The molecule has 6 heteroatoms. The van der Waals surface area contributed by atoms with Crippen molar-refractivity contribution in [2.24, 2.45) is 11.8 Å². The highest BCUT2D eigenvalue weighted by Gasteiger charge is 2.51. The van der Waals surface area contributed by atoms with E-state index >= 15 is 0 Å². The van der Waals surface area contributed by atoms with Crippen LogP contribution in [0, 0.1) is 18.8 Å². The van der Waals surface area contributed by atoms with Gasteiger partial charge in [0, 0.05) is 31.1 Å². The number of rotatable bonds is 5. The van der Waals surface area contributed by atoms with E-state index in [0.717, 1.165) is 38.2 Å². The van der Waals surface area contributed by atoms with E-state index in [4.69, 9.17) is 19.3 Å². The fourth-order valence-electron chi connectivity index (χ4n) is 5.72. The zero-order valence-electron chi connectivity index (χ0n) is 19.6. The molecule has 3 heterocycles. The van der Waals surface area contributed by atoms with Gasteiger partial charge in [-0.3, -0.25) is 4.90 Å². The third-order valence-electron chi connectivity index (χ3n) is 7.43. The van der Waals surface area contributed by atoms with Gasteiger partial charge in [0.2, 0.25) is 0 Å². The standard InChI is InChI=1S/C27H33NO5/c1-17-4-9-21-24(12-17)33-27(2,3)22-13-19-15-28(11-10-23(19)32-26(21)22)14-18-5-7-20(8-6-18)31-16-25(29)30/h4-9,12,19,22-23,26H,10-11,13-16H2,1-3H3,(H,29,30)/t19-,22+,23+,26-/m1/s1. The summed E-state index contributed by atoms with van der Waals surface area (Å²) in [4.78, 5) is 13.2. The molecule has 1 N–H and O–H groups in total. The Hall–Kier alpha value is -2.57. The zero-order valence-corrected chi connectivity index (χ0v) is 19.6. The number of nitrogens with zero attached hydrogens (tertiary/aromatic N) is 1. The van der Waals surface area contributed by atoms with Gasteiger partial charge in [-0.15, -0.1) is 0 Å². The minimum Gasteiger partial charge on any atom is -0.487 e. The second-order valence-corrected chi connectivity index (χ2v) is 10.3. The Morgan fingerprint density at radius 2 is 2.00 bits per heavy atom. The summed E-state index contributed by atoms with van der Waals surface area (Å²) in [6.45, 7) is 9.09. The number of carboxylic acids is 1. The molecule has 2 fully saturated rings. The highest BCUT2D eigenvalue weighted by atomic mass is 16.5. The molecule has 3 aliphatic heterocycles. The fraction of sp³-hybridized carbons (Fsp3) is 0.519. The van der Waals surface area contributed by atoms with Crippen molar-refractivity contribution >= 4 is 5.97 Å². The minimum atomic E-state index is -0.968. The van der Waals surface area contributed by atoms with Gasteiger partial charge in [0.25, 0.3) is 0 Å². The van der Waals surface area contributed by atoms with Crippen LogP contribution in [-0.4, -0.2) is 47.4 Å². The van der Waals surface area contributed by atoms with Gasteiger partial charge < -0.3 is 19.3 Å². The molecule has 4 atom stereocenters. The lowest BCUT2D eigenvalue weighted by Crippen LogP contribution is -2.55. The van der Waals surface area contributed by atoms with Crippen LogP contribution in [0.4, 0.5) is 0 Å². The van der Waals surface area contributed by atoms with E-state index in [1.807, 2.05) is 24.3 Å². The summed E-state index contributed by atoms with van der Waals surface area (Å²) in [7, 11) is 0. The zero-order chi connectivity index (χ0) is 23.2. The molecule has 2 aromatic carbocycles. The first-order valence-corrected chi connectivity index (χ1v) is 11.9. The number of ether oxygens (including phenoxy) is 3. The second kappa shape index (κ2) is 8.65. The smallest absolute Gasteiger partial charge is 0.341 e. The van der Waals surface area contributed by atoms with Crippen molar-refractivity contribution in [1.29, 1.82) is 0 Å². The van der Waals surface area contributed by atoms with E-state index in [1.54, 1.807) is 0 Å². The Bertz CT molecular complexity index is 1020. The van der Waals surface area contributed by atoms with Crippen molar-refractivity contribution in [3.8, 4) is 11.5 Å². The Balaban J connectivity index is 1.25. The maximum atomic E-state index is 10.7. The molecule has 0 amide bonds. The maximum Gasteiger partial charge on any atom is 0.341 e. The monoisotopic (exact) mass is 451 g/mol. The van der Waals surface area contributed by atoms with E-state index < -0.39 is 5.97 Å². The van der Waals surface area contributed by atoms with E-state index in [9.17, 15) is 4.79 Å². The molecule has 5 rings (SSSR count). The van der Waals surface area contributed by atoms with Crippen molar-refractivity contribution in [2.45, 2.75) is 58.0 Å². The number of carboxylic acid groups (broad SMARTS) is 1. The van der Waals surface area contributed by atoms with Crippen molar-refractivity contribution in [3.63, 3.8) is 0 Å². The summed E-state index contributed by atoms with van der Waals surface area (Å²) in [5.74, 6) is 1.42. The minimum absolute atomic E-state index is 0.107. The summed E-state index contributed by atoms with van der Waals surface area (Å²) >= 11 is 0. The molecule has 0 aromatic heterocycles. The number of piperidine rings is 1. The quantitative estimate of drug-likeness (QED) is 0.717. The lowest BCUT2D eigenvalue weighted by atomic mass is 9.70. The SMILES string of the molecule is Cc1ccc2c(c1)OC(C)(C)[C@H]1C[C@@H]3CN(Cc4ccc(OCC(=O)O)cc4)CC[C@@H]3O[C@H]21. The van der Waals surface area contributed by atoms with E-state index in [0.29, 0.717) is 17.6 Å². The van der Waals surface area contributed by atoms with Gasteiger partial charge in [0.15, 0.2) is 6.61 Å². The van der Waals surface area contributed by atoms with Crippen molar-refractivity contribution < 1.29 is 24.1 Å². The van der Waals surface area contributed by atoms with Gasteiger partial charge >= 0.3 is 5.97 Å². The lowest BCUT2D eigenvalue weighted by molar-refractivity contribution is -0.187. The van der Waals surface area contributed by atoms with Crippen molar-refractivity contribution in [1.82, 2.24) is 4.90 Å². The number of aryl methyl sites for hydroxylation is 1. The Kier molecular flexibility index (Phi) is 5.83. The largest absolute Gasteiger partial charge is 0.487 e. The third kappa shape index (κ3) is 4.59. The first-order valence-electron chi connectivity index (χ1n) is 11.9. The first kappa shape index (κ1) is 22.2. The van der Waals surface area contributed by atoms with Crippen LogP contribution in [0.1, 0.15) is 49.5 Å². The van der Waals surface area contributed by atoms with Crippen LogP contribution in [0.15, 0.2) is 42.5 Å². The summed E-state index contributed by atoms with van der Waals surface area (Å²) in [5.41, 5.74) is 3.36. The van der Waals surface area contributed by atoms with Crippen LogP contribution in [0.5, 0.6) is 11.5 Å². The topological polar surface area (TPSA) is 68.2 Å². The van der Waals surface area contributed by atoms with Crippen LogP contribution >= 0.6 is 0 Å². The van der Waals surface area contributed by atoms with Crippen LogP contribution in [0.25, 0.3) is 0 Å². The predicted octanol–water partition coefficient (Wildman–Crippen LogP) is 4.60. The van der Waals surface area contributed by atoms with Gasteiger partial charge in [0.1, 0.15) is 17.1 Å². The van der Waals surface area contributed by atoms with Gasteiger partial charge in [-0.2, -0.15) is 0 Å². The number of carbonyl (C=O) groups is 1. The second-order valence-electron chi connectivity index (χ2n) is 10.3. The van der Waals surface area contributed by atoms with Crippen LogP contribution in [0.3, 0.4) is 0 Å². The van der Waals surface area contributed by atoms with Gasteiger partial charge in [-0.25, -0.2) is 4.79 Å². The molecular formula is C27H33NO5. The number of likely N-dealkylation sites (tertiary alicyclic amines) is 1. The molecule has 176 valence electrons. The third-order valence-corrected chi connectivity index (χ3v) is 7.43. The first-order chi connectivity index (χ1) is 15.8. The average Bonchev–Trinajstić information content (AvgIpc) is 2.77. The lowest BCUT2D eigenvalue weighted by Gasteiger charge is -2.53. The fourth-order valence-corrected chi connectivity index (χ4v) is 5.72. The predicted molar refractivity (Wildman–Crippen MR) is 125 cm³/mol. The van der Waals surface area contributed by atoms with E-state index in [2.05, 4.69) is 43.9 Å². The molecule has 33 heavy (non-hydrogen) atoms. The molecule has 0 aliphatic carbocycles. The Morgan fingerprint density at radius 3 is 2.76 bits per heavy atom. The normalized spacial score (nSPS) is 28.1. The molecule has 0 unspecified atom stereocenters. The summed E-state index contributed by atoms with van der Waals surface area (Å²) < 4.78 is 18.5. The number of hydrogen-bond donors (Lipinski definition) is 1. The van der Waals surface area contributed by atoms with Crippen LogP contribution < -0.4 is 9.47 Å². The summed E-state index contributed by atoms with van der Waals surface area (Å²) in [6, 6.07) is 14.2. The Labute approximate surface area is 195 Å². The van der Waals surface area contributed by atoms with Gasteiger partial charge in [-0.05, 0) is 68.9 Å². The molecule has 0 saturated carbocycles. The highest BCUT2D eigenvalue weighted by Crippen LogP contribution is 2.53. The van der Waals surface area contributed by atoms with E-state index in [1.165, 1.54) is 16.7 Å². The van der Waals surface area contributed by atoms with Crippen LogP contribution in [-0.2, 0) is 16.1 Å². The summed E-state index contributed by atoms with van der Waals surface area (Å²) in [6.07, 6.45) is 2.54. The average molecular weight is 452 g/mol. The molecule has 6 nitrogen and oxygen atoms in total. The number of aliphatic carboxylic acids is 1. The maximum absolute atomic E-state index is 10.7. The number of hydrogen-bond acceptors (Lipinski definition) is 5. The van der Waals surface area contributed by atoms with Crippen LogP contribution in [0.2, 0.25) is 0 Å². The van der Waals surface area contributed by atoms with Gasteiger partial charge in [0.05, 0.1) is 12.2 Å². The van der Waals surface area contributed by atoms with Gasteiger partial charge in [-0.1, -0.05) is 24.3 Å². The molecule has 0 radical (unpaired) electrons. The Morgan fingerprint density at radius 1 is 1.21 bits per heavy atom. The number of benzene rings is 2. The molecular weight excluding hydrogens is 418 g/mol. The highest BCUT2D eigenvalue weighted by molar-refractivity contribution is 5.68. The summed E-state index contributed by atoms with van der Waals surface area (Å²) in [5, 5.41) is 8.75. The van der Waals surface area contributed by atoms with Crippen molar-refractivity contribution in [3.05, 3.63) is 59.2 Å². The van der Waals surface area contributed by atoms with E-state index in [-0.39, 0.29) is 24.4 Å². The van der Waals surface area contributed by atoms with Crippen molar-refractivity contribution in [2.75, 3.05) is 19.7 Å². The molecule has 0 spiro atoms. The molecule has 3 aliphatic rings. The number of fused-ring (bicyclic) bond motifs is 4.